The molecule has 124 valence electrons. The van der Waals surface area contributed by atoms with Gasteiger partial charge in [0.1, 0.15) is 5.56 Å². The molecule has 1 aromatic carbocycles. The molecule has 1 atom stereocenters. The molecular formula is C17H16ClN3O3. The third-order valence-electron chi connectivity index (χ3n) is 3.88. The van der Waals surface area contributed by atoms with Crippen LogP contribution in [0.15, 0.2) is 41.2 Å². The van der Waals surface area contributed by atoms with Crippen LogP contribution in [0.25, 0.3) is 11.3 Å². The highest BCUT2D eigenvalue weighted by Crippen LogP contribution is 2.20. The van der Waals surface area contributed by atoms with Gasteiger partial charge < -0.3 is 15.6 Å². The lowest BCUT2D eigenvalue weighted by Gasteiger charge is -2.11. The summed E-state index contributed by atoms with van der Waals surface area (Å²) >= 11 is 5.94. The summed E-state index contributed by atoms with van der Waals surface area (Å²) in [6, 6.07) is 10.1. The zero-order chi connectivity index (χ0) is 17.1. The normalized spacial score (nSPS) is 16.7. The molecular weight excluding hydrogens is 330 g/mol. The van der Waals surface area contributed by atoms with E-state index in [-0.39, 0.29) is 17.5 Å². The Bertz CT molecular complexity index is 847. The predicted molar refractivity (Wildman–Crippen MR) is 91.0 cm³/mol. The molecule has 0 saturated carbocycles. The molecule has 2 heterocycles. The van der Waals surface area contributed by atoms with Gasteiger partial charge in [0.2, 0.25) is 5.91 Å². The van der Waals surface area contributed by atoms with Crippen molar-refractivity contribution in [2.75, 3.05) is 6.54 Å². The Morgan fingerprint density at radius 2 is 2.08 bits per heavy atom. The SMILES string of the molecule is O=C1CC[C@H](CNC(=O)c2ccc(-c3cccc(Cl)c3)[nH]c2=O)N1. The molecule has 2 amide bonds. The molecule has 6 nitrogen and oxygen atoms in total. The summed E-state index contributed by atoms with van der Waals surface area (Å²) in [5.41, 5.74) is 0.910. The van der Waals surface area contributed by atoms with E-state index in [0.717, 1.165) is 5.56 Å². The van der Waals surface area contributed by atoms with Crippen molar-refractivity contribution in [2.45, 2.75) is 18.9 Å². The molecule has 7 heteroatoms. The number of aromatic amines is 1. The van der Waals surface area contributed by atoms with Crippen molar-refractivity contribution in [3.63, 3.8) is 0 Å². The van der Waals surface area contributed by atoms with E-state index in [2.05, 4.69) is 15.6 Å². The fraction of sp³-hybridized carbons (Fsp3) is 0.235. The van der Waals surface area contributed by atoms with Crippen LogP contribution in [-0.2, 0) is 4.79 Å². The van der Waals surface area contributed by atoms with E-state index in [1.807, 2.05) is 6.07 Å². The largest absolute Gasteiger partial charge is 0.352 e. The first kappa shape index (κ1) is 16.3. The number of pyridine rings is 1. The zero-order valence-electron chi connectivity index (χ0n) is 12.8. The second-order valence-electron chi connectivity index (χ2n) is 5.64. The Morgan fingerprint density at radius 1 is 1.25 bits per heavy atom. The smallest absolute Gasteiger partial charge is 0.261 e. The van der Waals surface area contributed by atoms with E-state index in [1.165, 1.54) is 6.07 Å². The number of carbonyl (C=O) groups is 2. The van der Waals surface area contributed by atoms with Crippen molar-refractivity contribution >= 4 is 23.4 Å². The van der Waals surface area contributed by atoms with E-state index in [0.29, 0.717) is 30.1 Å². The third-order valence-corrected chi connectivity index (χ3v) is 4.12. The van der Waals surface area contributed by atoms with E-state index < -0.39 is 11.5 Å². The molecule has 0 unspecified atom stereocenters. The maximum atomic E-state index is 12.2. The second kappa shape index (κ2) is 6.88. The van der Waals surface area contributed by atoms with Crippen LogP contribution in [0.4, 0.5) is 0 Å². The first-order chi connectivity index (χ1) is 11.5. The predicted octanol–water partition coefficient (Wildman–Crippen LogP) is 1.70. The van der Waals surface area contributed by atoms with Gasteiger partial charge >= 0.3 is 0 Å². The molecule has 2 aromatic rings. The lowest BCUT2D eigenvalue weighted by atomic mass is 10.1. The van der Waals surface area contributed by atoms with Crippen molar-refractivity contribution in [3.8, 4) is 11.3 Å². The fourth-order valence-electron chi connectivity index (χ4n) is 2.62. The molecule has 1 saturated heterocycles. The average molecular weight is 346 g/mol. The Morgan fingerprint density at radius 3 is 2.75 bits per heavy atom. The summed E-state index contributed by atoms with van der Waals surface area (Å²) in [4.78, 5) is 38.1. The molecule has 0 radical (unpaired) electrons. The van der Waals surface area contributed by atoms with Gasteiger partial charge in [0, 0.05) is 29.7 Å². The summed E-state index contributed by atoms with van der Waals surface area (Å²) < 4.78 is 0. The highest BCUT2D eigenvalue weighted by atomic mass is 35.5. The molecule has 1 fully saturated rings. The molecule has 24 heavy (non-hydrogen) atoms. The highest BCUT2D eigenvalue weighted by Gasteiger charge is 2.21. The molecule has 1 aromatic heterocycles. The van der Waals surface area contributed by atoms with Crippen molar-refractivity contribution in [3.05, 3.63) is 57.3 Å². The van der Waals surface area contributed by atoms with Crippen molar-refractivity contribution < 1.29 is 9.59 Å². The number of halogens is 1. The number of amides is 2. The molecule has 1 aliphatic heterocycles. The lowest BCUT2D eigenvalue weighted by Crippen LogP contribution is -2.39. The van der Waals surface area contributed by atoms with Crippen molar-refractivity contribution in [2.24, 2.45) is 0 Å². The van der Waals surface area contributed by atoms with Crippen LogP contribution >= 0.6 is 11.6 Å². The summed E-state index contributed by atoms with van der Waals surface area (Å²) in [5.74, 6) is -0.479. The number of aromatic nitrogens is 1. The van der Waals surface area contributed by atoms with Crippen molar-refractivity contribution in [1.29, 1.82) is 0 Å². The number of benzene rings is 1. The van der Waals surface area contributed by atoms with Gasteiger partial charge in [-0.15, -0.1) is 0 Å². The molecule has 0 spiro atoms. The minimum atomic E-state index is -0.472. The standard InChI is InChI=1S/C17H16ClN3O3/c18-11-3-1-2-10(8-11)14-6-5-13(17(24)21-14)16(23)19-9-12-4-7-15(22)20-12/h1-3,5-6,8,12H,4,7,9H2,(H,19,23)(H,20,22)(H,21,24)/t12-/m1/s1. The van der Waals surface area contributed by atoms with E-state index in [1.54, 1.807) is 24.3 Å². The number of carbonyl (C=O) groups excluding carboxylic acids is 2. The van der Waals surface area contributed by atoms with E-state index in [4.69, 9.17) is 11.6 Å². The number of hydrogen-bond acceptors (Lipinski definition) is 3. The fourth-order valence-corrected chi connectivity index (χ4v) is 2.81. The van der Waals surface area contributed by atoms with Gasteiger partial charge in [-0.3, -0.25) is 14.4 Å². The highest BCUT2D eigenvalue weighted by molar-refractivity contribution is 6.30. The molecule has 3 N–H and O–H groups in total. The van der Waals surface area contributed by atoms with Crippen LogP contribution in [0.5, 0.6) is 0 Å². The lowest BCUT2D eigenvalue weighted by molar-refractivity contribution is -0.119. The second-order valence-corrected chi connectivity index (χ2v) is 6.07. The van der Waals surface area contributed by atoms with Gasteiger partial charge in [0.25, 0.3) is 11.5 Å². The number of rotatable bonds is 4. The monoisotopic (exact) mass is 345 g/mol. The van der Waals surface area contributed by atoms with Gasteiger partial charge in [-0.2, -0.15) is 0 Å². The van der Waals surface area contributed by atoms with Crippen LogP contribution in [0.1, 0.15) is 23.2 Å². The van der Waals surface area contributed by atoms with E-state index >= 15 is 0 Å². The third kappa shape index (κ3) is 3.65. The maximum Gasteiger partial charge on any atom is 0.261 e. The average Bonchev–Trinajstić information content (AvgIpc) is 2.98. The Hall–Kier alpha value is -2.60. The summed E-state index contributed by atoms with van der Waals surface area (Å²) in [5, 5.41) is 6.00. The Balaban J connectivity index is 1.71. The first-order valence-corrected chi connectivity index (χ1v) is 7.97. The van der Waals surface area contributed by atoms with Gasteiger partial charge in [0.05, 0.1) is 0 Å². The Labute approximate surface area is 143 Å². The quantitative estimate of drug-likeness (QED) is 0.787. The van der Waals surface area contributed by atoms with E-state index in [9.17, 15) is 14.4 Å². The van der Waals surface area contributed by atoms with Crippen LogP contribution in [0.2, 0.25) is 5.02 Å². The van der Waals surface area contributed by atoms with Gasteiger partial charge in [-0.05, 0) is 36.2 Å². The molecule has 0 bridgehead atoms. The van der Waals surface area contributed by atoms with Gasteiger partial charge in [-0.1, -0.05) is 23.7 Å². The number of hydrogen-bond donors (Lipinski definition) is 3. The topological polar surface area (TPSA) is 91.1 Å². The summed E-state index contributed by atoms with van der Waals surface area (Å²) in [6.07, 6.45) is 1.15. The van der Waals surface area contributed by atoms with Crippen molar-refractivity contribution in [1.82, 2.24) is 15.6 Å². The molecule has 0 aliphatic carbocycles. The number of nitrogens with one attached hydrogen (secondary N) is 3. The van der Waals surface area contributed by atoms with Crippen LogP contribution in [-0.4, -0.2) is 29.4 Å². The molecule has 1 aliphatic rings. The zero-order valence-corrected chi connectivity index (χ0v) is 13.5. The minimum absolute atomic E-state index is 0.0158. The minimum Gasteiger partial charge on any atom is -0.352 e. The first-order valence-electron chi connectivity index (χ1n) is 7.60. The van der Waals surface area contributed by atoms with Crippen LogP contribution < -0.4 is 16.2 Å². The van der Waals surface area contributed by atoms with Crippen LogP contribution in [0, 0.1) is 0 Å². The Kier molecular flexibility index (Phi) is 4.66. The number of H-pyrrole nitrogens is 1. The molecule has 3 rings (SSSR count). The summed E-state index contributed by atoms with van der Waals surface area (Å²) in [7, 11) is 0. The maximum absolute atomic E-state index is 12.2. The summed E-state index contributed by atoms with van der Waals surface area (Å²) in [6.45, 7) is 0.306. The van der Waals surface area contributed by atoms with Gasteiger partial charge in [-0.25, -0.2) is 0 Å². The van der Waals surface area contributed by atoms with Gasteiger partial charge in [0.15, 0.2) is 0 Å². The van der Waals surface area contributed by atoms with Crippen LogP contribution in [0.3, 0.4) is 0 Å².